The van der Waals surface area contributed by atoms with Crippen LogP contribution >= 0.6 is 0 Å². The van der Waals surface area contributed by atoms with Crippen molar-refractivity contribution in [3.8, 4) is 11.4 Å². The number of benzene rings is 1. The van der Waals surface area contributed by atoms with Gasteiger partial charge in [0.1, 0.15) is 5.82 Å². The molecule has 2 aromatic heterocycles. The van der Waals surface area contributed by atoms with Crippen LogP contribution < -0.4 is 5.32 Å². The summed E-state index contributed by atoms with van der Waals surface area (Å²) in [6, 6.07) is 13.3. The highest BCUT2D eigenvalue weighted by Gasteiger charge is 2.28. The average Bonchev–Trinajstić information content (AvgIpc) is 3.30. The third kappa shape index (κ3) is 5.57. The number of carbonyl (C=O) groups excluding carboxylic acids is 2. The number of hydrogen-bond donors (Lipinski definition) is 1. The Morgan fingerprint density at radius 3 is 2.81 bits per heavy atom. The maximum atomic E-state index is 12.7. The first kappa shape index (κ1) is 21.7. The van der Waals surface area contributed by atoms with Gasteiger partial charge >= 0.3 is 0 Å². The van der Waals surface area contributed by atoms with Crippen LogP contribution in [0.2, 0.25) is 0 Å². The molecule has 1 saturated heterocycles. The van der Waals surface area contributed by atoms with Crippen LogP contribution in [-0.4, -0.2) is 44.9 Å². The molecule has 0 saturated carbocycles. The summed E-state index contributed by atoms with van der Waals surface area (Å²) in [5.74, 6) is 1.37. The molecule has 4 rings (SSSR count). The number of likely N-dealkylation sites (tertiary alicyclic amines) is 1. The van der Waals surface area contributed by atoms with Gasteiger partial charge in [-0.05, 0) is 37.8 Å². The number of anilines is 1. The molecule has 1 aliphatic rings. The lowest BCUT2D eigenvalue weighted by Gasteiger charge is -2.32. The van der Waals surface area contributed by atoms with E-state index < -0.39 is 0 Å². The number of rotatable bonds is 7. The minimum Gasteiger partial charge on any atom is -0.342 e. The molecule has 0 spiro atoms. The minimum absolute atomic E-state index is 0.0544. The largest absolute Gasteiger partial charge is 0.342 e. The molecule has 8 nitrogen and oxygen atoms in total. The second-order valence-electron chi connectivity index (χ2n) is 8.12. The molecule has 1 aromatic carbocycles. The van der Waals surface area contributed by atoms with Crippen molar-refractivity contribution in [2.45, 2.75) is 39.0 Å². The van der Waals surface area contributed by atoms with E-state index in [-0.39, 0.29) is 17.7 Å². The fourth-order valence-corrected chi connectivity index (χ4v) is 3.80. The van der Waals surface area contributed by atoms with E-state index in [1.54, 1.807) is 17.2 Å². The van der Waals surface area contributed by atoms with Gasteiger partial charge in [-0.2, -0.15) is 4.98 Å². The first-order valence-electron chi connectivity index (χ1n) is 11.0. The van der Waals surface area contributed by atoms with Gasteiger partial charge in [-0.1, -0.05) is 41.6 Å². The molecule has 0 bridgehead atoms. The second kappa shape index (κ2) is 10.2. The van der Waals surface area contributed by atoms with Crippen molar-refractivity contribution in [1.29, 1.82) is 0 Å². The maximum absolute atomic E-state index is 12.7. The standard InChI is InChI=1S/C24H27N5O3/c1-17-12-13-20(25-15-17)26-24(31)19-9-6-14-29(16-19)22(30)11-5-10-21-27-23(28-32-21)18-7-3-2-4-8-18/h2-4,7-8,12-13,15,19H,5-6,9-11,14,16H2,1H3,(H,25,26,31). The highest BCUT2D eigenvalue weighted by molar-refractivity contribution is 5.92. The molecule has 32 heavy (non-hydrogen) atoms. The fraction of sp³-hybridized carbons (Fsp3) is 0.375. The van der Waals surface area contributed by atoms with Crippen molar-refractivity contribution in [1.82, 2.24) is 20.0 Å². The van der Waals surface area contributed by atoms with Crippen LogP contribution in [0.5, 0.6) is 0 Å². The summed E-state index contributed by atoms with van der Waals surface area (Å²) < 4.78 is 5.31. The van der Waals surface area contributed by atoms with E-state index in [1.807, 2.05) is 43.3 Å². The summed E-state index contributed by atoms with van der Waals surface area (Å²) in [4.78, 5) is 35.7. The van der Waals surface area contributed by atoms with Gasteiger partial charge in [0.25, 0.3) is 0 Å². The van der Waals surface area contributed by atoms with Gasteiger partial charge in [-0.3, -0.25) is 9.59 Å². The molecule has 1 atom stereocenters. The second-order valence-corrected chi connectivity index (χ2v) is 8.12. The third-order valence-corrected chi connectivity index (χ3v) is 5.59. The summed E-state index contributed by atoms with van der Waals surface area (Å²) >= 11 is 0. The van der Waals surface area contributed by atoms with Crippen LogP contribution in [0.15, 0.2) is 53.2 Å². The van der Waals surface area contributed by atoms with Gasteiger partial charge in [-0.15, -0.1) is 0 Å². The molecule has 1 aliphatic heterocycles. The molecule has 2 amide bonds. The number of aromatic nitrogens is 3. The third-order valence-electron chi connectivity index (χ3n) is 5.59. The van der Waals surface area contributed by atoms with Gasteiger partial charge in [0.05, 0.1) is 5.92 Å². The van der Waals surface area contributed by atoms with Crippen LogP contribution in [0.3, 0.4) is 0 Å². The SMILES string of the molecule is Cc1ccc(NC(=O)C2CCCN(C(=O)CCCc3nc(-c4ccccc4)no3)C2)nc1. The molecule has 1 unspecified atom stereocenters. The van der Waals surface area contributed by atoms with E-state index in [4.69, 9.17) is 4.52 Å². The maximum Gasteiger partial charge on any atom is 0.230 e. The van der Waals surface area contributed by atoms with Crippen LogP contribution in [0.4, 0.5) is 5.82 Å². The van der Waals surface area contributed by atoms with Crippen molar-refractivity contribution < 1.29 is 14.1 Å². The summed E-state index contributed by atoms with van der Waals surface area (Å²) in [5, 5.41) is 6.87. The van der Waals surface area contributed by atoms with E-state index in [2.05, 4.69) is 20.4 Å². The van der Waals surface area contributed by atoms with E-state index in [0.717, 1.165) is 24.0 Å². The number of piperidine rings is 1. The van der Waals surface area contributed by atoms with Gasteiger partial charge < -0.3 is 14.7 Å². The summed E-state index contributed by atoms with van der Waals surface area (Å²) in [5.41, 5.74) is 1.94. The average molecular weight is 434 g/mol. The summed E-state index contributed by atoms with van der Waals surface area (Å²) in [6.45, 7) is 3.07. The van der Waals surface area contributed by atoms with Crippen LogP contribution in [0.25, 0.3) is 11.4 Å². The Kier molecular flexibility index (Phi) is 6.89. The minimum atomic E-state index is -0.222. The van der Waals surface area contributed by atoms with Gasteiger partial charge in [0.15, 0.2) is 0 Å². The van der Waals surface area contributed by atoms with E-state index >= 15 is 0 Å². The van der Waals surface area contributed by atoms with E-state index in [1.165, 1.54) is 0 Å². The topological polar surface area (TPSA) is 101 Å². The molecule has 3 heterocycles. The lowest BCUT2D eigenvalue weighted by atomic mass is 9.96. The van der Waals surface area contributed by atoms with E-state index in [9.17, 15) is 9.59 Å². The summed E-state index contributed by atoms with van der Waals surface area (Å²) in [7, 11) is 0. The molecule has 1 N–H and O–H groups in total. The smallest absolute Gasteiger partial charge is 0.230 e. The van der Waals surface area contributed by atoms with Crippen LogP contribution in [-0.2, 0) is 16.0 Å². The Hall–Kier alpha value is -3.55. The lowest BCUT2D eigenvalue weighted by molar-refractivity contribution is -0.134. The Bertz CT molecular complexity index is 1050. The number of nitrogens with one attached hydrogen (secondary N) is 1. The first-order valence-corrected chi connectivity index (χ1v) is 11.0. The zero-order valence-electron chi connectivity index (χ0n) is 18.2. The number of carbonyl (C=O) groups is 2. The van der Waals surface area contributed by atoms with Crippen molar-refractivity contribution >= 4 is 17.6 Å². The quantitative estimate of drug-likeness (QED) is 0.610. The van der Waals surface area contributed by atoms with Gasteiger partial charge in [0.2, 0.25) is 23.5 Å². The van der Waals surface area contributed by atoms with E-state index in [0.29, 0.717) is 49.9 Å². The Morgan fingerprint density at radius 2 is 2.03 bits per heavy atom. The molecule has 3 aromatic rings. The fourth-order valence-electron chi connectivity index (χ4n) is 3.80. The predicted molar refractivity (Wildman–Crippen MR) is 120 cm³/mol. The Labute approximate surface area is 187 Å². The molecule has 0 radical (unpaired) electrons. The Balaban J connectivity index is 1.24. The number of aryl methyl sites for hydroxylation is 2. The molecule has 166 valence electrons. The number of nitrogens with zero attached hydrogens (tertiary/aromatic N) is 4. The van der Waals surface area contributed by atoms with Crippen LogP contribution in [0, 0.1) is 12.8 Å². The molecule has 0 aliphatic carbocycles. The highest BCUT2D eigenvalue weighted by atomic mass is 16.5. The molecular weight excluding hydrogens is 406 g/mol. The number of amides is 2. The van der Waals surface area contributed by atoms with Gasteiger partial charge in [0, 0.05) is 37.7 Å². The first-order chi connectivity index (χ1) is 15.6. The zero-order valence-corrected chi connectivity index (χ0v) is 18.2. The monoisotopic (exact) mass is 433 g/mol. The zero-order chi connectivity index (χ0) is 22.3. The van der Waals surface area contributed by atoms with Crippen molar-refractivity contribution in [3.63, 3.8) is 0 Å². The van der Waals surface area contributed by atoms with Crippen molar-refractivity contribution in [2.75, 3.05) is 18.4 Å². The van der Waals surface area contributed by atoms with Crippen molar-refractivity contribution in [3.05, 3.63) is 60.1 Å². The molecule has 1 fully saturated rings. The molecular formula is C24H27N5O3. The Morgan fingerprint density at radius 1 is 1.19 bits per heavy atom. The highest BCUT2D eigenvalue weighted by Crippen LogP contribution is 2.20. The number of hydrogen-bond acceptors (Lipinski definition) is 6. The van der Waals surface area contributed by atoms with Crippen molar-refractivity contribution in [2.24, 2.45) is 5.92 Å². The van der Waals surface area contributed by atoms with Crippen LogP contribution in [0.1, 0.15) is 37.1 Å². The molecule has 8 heteroatoms. The lowest BCUT2D eigenvalue weighted by Crippen LogP contribution is -2.43. The predicted octanol–water partition coefficient (Wildman–Crippen LogP) is 3.64. The van der Waals surface area contributed by atoms with Gasteiger partial charge in [-0.25, -0.2) is 4.98 Å². The summed E-state index contributed by atoms with van der Waals surface area (Å²) in [6.07, 6.45) is 4.86. The normalized spacial score (nSPS) is 16.0. The number of pyridine rings is 1.